The minimum absolute atomic E-state index is 0.110. The first-order chi connectivity index (χ1) is 13.3. The van der Waals surface area contributed by atoms with Gasteiger partial charge in [0.2, 0.25) is 5.95 Å². The number of hydrogen-bond donors (Lipinski definition) is 1. The molecule has 1 heterocycles. The van der Waals surface area contributed by atoms with Gasteiger partial charge in [0, 0.05) is 14.1 Å². The van der Waals surface area contributed by atoms with Crippen LogP contribution in [0.2, 0.25) is 5.02 Å². The molecule has 0 bridgehead atoms. The van der Waals surface area contributed by atoms with Crippen molar-refractivity contribution in [3.8, 4) is 0 Å². The summed E-state index contributed by atoms with van der Waals surface area (Å²) in [6.45, 7) is -1.45. The van der Waals surface area contributed by atoms with Gasteiger partial charge >= 0.3 is 12.4 Å². The summed E-state index contributed by atoms with van der Waals surface area (Å²) < 4.78 is 78.0. The van der Waals surface area contributed by atoms with Gasteiger partial charge in [0.15, 0.2) is 0 Å². The number of hydrogen-bond acceptors (Lipinski definition) is 5. The van der Waals surface area contributed by atoms with Crippen LogP contribution in [-0.2, 0) is 13.2 Å². The van der Waals surface area contributed by atoms with Crippen molar-refractivity contribution in [1.82, 2.24) is 25.1 Å². The number of alkyl halides is 6. The zero-order chi connectivity index (χ0) is 22.0. The van der Waals surface area contributed by atoms with Gasteiger partial charge in [-0.3, -0.25) is 10.1 Å². The third-order valence-electron chi connectivity index (χ3n) is 3.32. The Labute approximate surface area is 164 Å². The van der Waals surface area contributed by atoms with Crippen LogP contribution in [0.1, 0.15) is 15.9 Å². The Morgan fingerprint density at radius 1 is 1.31 bits per heavy atom. The van der Waals surface area contributed by atoms with Crippen molar-refractivity contribution in [2.24, 2.45) is 12.0 Å². The van der Waals surface area contributed by atoms with Gasteiger partial charge in [-0.05, 0) is 22.6 Å². The van der Waals surface area contributed by atoms with Crippen molar-refractivity contribution in [3.05, 3.63) is 28.3 Å². The molecule has 0 aliphatic carbocycles. The van der Waals surface area contributed by atoms with E-state index in [1.54, 1.807) is 0 Å². The fourth-order valence-electron chi connectivity index (χ4n) is 2.08. The predicted octanol–water partition coefficient (Wildman–Crippen LogP) is 3.29. The van der Waals surface area contributed by atoms with Crippen molar-refractivity contribution in [3.63, 3.8) is 0 Å². The molecule has 0 saturated carbocycles. The zero-order valence-corrected chi connectivity index (χ0v) is 15.4. The molecule has 8 nitrogen and oxygen atoms in total. The summed E-state index contributed by atoms with van der Waals surface area (Å²) in [6.07, 6.45) is -8.97. The molecule has 29 heavy (non-hydrogen) atoms. The smallest absolute Gasteiger partial charge is 0.357 e. The van der Waals surface area contributed by atoms with E-state index in [0.717, 1.165) is 17.8 Å². The van der Waals surface area contributed by atoms with E-state index in [0.29, 0.717) is 17.3 Å². The Bertz CT molecular complexity index is 924. The van der Waals surface area contributed by atoms with Crippen LogP contribution >= 0.6 is 11.6 Å². The molecule has 2 aromatic rings. The molecule has 1 aromatic carbocycles. The average molecular weight is 444 g/mol. The molecule has 0 radical (unpaired) electrons. The maximum atomic E-state index is 13.3. The lowest BCUT2D eigenvalue weighted by Crippen LogP contribution is -2.29. The molecule has 0 aliphatic heterocycles. The number of aliphatic imine (C=N–C) groups is 1. The monoisotopic (exact) mass is 443 g/mol. The van der Waals surface area contributed by atoms with Crippen LogP contribution in [0, 0.1) is 0 Å². The number of nitrogens with one attached hydrogen (secondary N) is 1. The number of benzene rings is 1. The number of carbonyl (C=O) groups is 1. The van der Waals surface area contributed by atoms with Crippen LogP contribution < -0.4 is 5.32 Å². The van der Waals surface area contributed by atoms with Crippen LogP contribution in [0.25, 0.3) is 0 Å². The summed E-state index contributed by atoms with van der Waals surface area (Å²) in [4.78, 5) is 16.3. The van der Waals surface area contributed by atoms with Crippen molar-refractivity contribution >= 4 is 35.5 Å². The van der Waals surface area contributed by atoms with E-state index in [4.69, 9.17) is 11.6 Å². The Hall–Kier alpha value is -2.90. The first-order valence-corrected chi connectivity index (χ1v) is 7.92. The molecule has 2 rings (SSSR count). The molecule has 0 saturated heterocycles. The van der Waals surface area contributed by atoms with Crippen molar-refractivity contribution in [2.75, 3.05) is 18.9 Å². The SMILES string of the molecule is CN(/C=N/c1c(C(F)(F)F)ccc(C(=O)Nc2nnnn2C)c1Cl)CC(F)(F)F. The van der Waals surface area contributed by atoms with Crippen molar-refractivity contribution in [1.29, 1.82) is 0 Å². The van der Waals surface area contributed by atoms with E-state index in [-0.39, 0.29) is 5.95 Å². The van der Waals surface area contributed by atoms with Crippen LogP contribution in [0.5, 0.6) is 0 Å². The zero-order valence-electron chi connectivity index (χ0n) is 14.7. The fourth-order valence-corrected chi connectivity index (χ4v) is 2.38. The highest BCUT2D eigenvalue weighted by atomic mass is 35.5. The van der Waals surface area contributed by atoms with E-state index in [9.17, 15) is 31.1 Å². The molecule has 0 atom stereocenters. The second kappa shape index (κ2) is 8.23. The molecule has 0 aliphatic rings. The molecule has 0 unspecified atom stereocenters. The average Bonchev–Trinajstić information content (AvgIpc) is 2.95. The number of anilines is 1. The van der Waals surface area contributed by atoms with Gasteiger partial charge in [0.25, 0.3) is 5.91 Å². The third kappa shape index (κ3) is 5.79. The van der Waals surface area contributed by atoms with Crippen molar-refractivity contribution in [2.45, 2.75) is 12.4 Å². The quantitative estimate of drug-likeness (QED) is 0.435. The molecule has 1 amide bonds. The second-order valence-electron chi connectivity index (χ2n) is 5.68. The maximum Gasteiger partial charge on any atom is 0.418 e. The van der Waals surface area contributed by atoms with Gasteiger partial charge in [-0.25, -0.2) is 9.67 Å². The summed E-state index contributed by atoms with van der Waals surface area (Å²) in [5.74, 6) is -1.05. The van der Waals surface area contributed by atoms with E-state index in [1.807, 2.05) is 0 Å². The van der Waals surface area contributed by atoms with E-state index in [1.165, 1.54) is 7.05 Å². The Morgan fingerprint density at radius 2 is 1.97 bits per heavy atom. The van der Waals surface area contributed by atoms with Gasteiger partial charge in [0.05, 0.1) is 28.2 Å². The van der Waals surface area contributed by atoms with Gasteiger partial charge in [-0.15, -0.1) is 0 Å². The molecule has 15 heteroatoms. The number of aromatic nitrogens is 4. The van der Waals surface area contributed by atoms with Gasteiger partial charge in [-0.2, -0.15) is 26.3 Å². The van der Waals surface area contributed by atoms with Crippen LogP contribution in [0.3, 0.4) is 0 Å². The number of nitrogens with zero attached hydrogens (tertiary/aromatic N) is 6. The summed E-state index contributed by atoms with van der Waals surface area (Å²) in [5.41, 5.74) is -2.64. The minimum Gasteiger partial charge on any atom is -0.357 e. The van der Waals surface area contributed by atoms with Gasteiger partial charge in [-0.1, -0.05) is 16.7 Å². The topological polar surface area (TPSA) is 88.3 Å². The highest BCUT2D eigenvalue weighted by Gasteiger charge is 2.36. The lowest BCUT2D eigenvalue weighted by atomic mass is 10.1. The minimum atomic E-state index is -4.92. The summed E-state index contributed by atoms with van der Waals surface area (Å²) in [5, 5.41) is 11.8. The highest BCUT2D eigenvalue weighted by Crippen LogP contribution is 2.42. The Balaban J connectivity index is 2.42. The second-order valence-corrected chi connectivity index (χ2v) is 6.05. The molecule has 0 spiro atoms. The van der Waals surface area contributed by atoms with Crippen LogP contribution in [0.4, 0.5) is 38.0 Å². The molecule has 1 N–H and O–H groups in total. The lowest BCUT2D eigenvalue weighted by Gasteiger charge is -2.17. The predicted molar refractivity (Wildman–Crippen MR) is 90.0 cm³/mol. The number of tetrazole rings is 1. The Morgan fingerprint density at radius 3 is 2.48 bits per heavy atom. The Kier molecular flexibility index (Phi) is 6.35. The standard InChI is InChI=1S/C14H12ClF6N7O/c1-27(5-13(16,17)18)6-22-10-8(14(19,20)21)4-3-7(9(10)15)11(29)23-12-24-25-26-28(12)2/h3-4,6H,5H2,1-2H3,(H,23,24,26,29)/b22-6+. The fraction of sp³-hybridized carbons (Fsp3) is 0.357. The van der Waals surface area contributed by atoms with Crippen LogP contribution in [-0.4, -0.2) is 57.1 Å². The normalized spacial score (nSPS) is 12.4. The summed E-state index contributed by atoms with van der Waals surface area (Å²) in [7, 11) is 2.37. The van der Waals surface area contributed by atoms with E-state index >= 15 is 0 Å². The number of amides is 1. The summed E-state index contributed by atoms with van der Waals surface area (Å²) in [6, 6.07) is 1.36. The first kappa shape index (κ1) is 22.4. The molecule has 158 valence electrons. The van der Waals surface area contributed by atoms with Gasteiger partial charge < -0.3 is 4.90 Å². The third-order valence-corrected chi connectivity index (χ3v) is 3.71. The van der Waals surface area contributed by atoms with Crippen LogP contribution in [0.15, 0.2) is 17.1 Å². The molecular formula is C14H12ClF6N7O. The first-order valence-electron chi connectivity index (χ1n) is 7.54. The maximum absolute atomic E-state index is 13.3. The number of halogens is 7. The van der Waals surface area contributed by atoms with E-state index in [2.05, 4.69) is 25.8 Å². The molecule has 0 fully saturated rings. The number of carbonyl (C=O) groups excluding carboxylic acids is 1. The lowest BCUT2D eigenvalue weighted by molar-refractivity contribution is -0.137. The van der Waals surface area contributed by atoms with Crippen molar-refractivity contribution < 1.29 is 31.1 Å². The highest BCUT2D eigenvalue weighted by molar-refractivity contribution is 6.37. The van der Waals surface area contributed by atoms with Gasteiger partial charge in [0.1, 0.15) is 6.54 Å². The number of rotatable bonds is 5. The molecular weight excluding hydrogens is 432 g/mol. The summed E-state index contributed by atoms with van der Waals surface area (Å²) >= 11 is 5.94. The largest absolute Gasteiger partial charge is 0.418 e. The molecule has 1 aromatic heterocycles. The van der Waals surface area contributed by atoms with E-state index < -0.39 is 46.6 Å². The number of aryl methyl sites for hydroxylation is 1.